The van der Waals surface area contributed by atoms with Crippen LogP contribution in [0.1, 0.15) is 25.0 Å². The fourth-order valence-electron chi connectivity index (χ4n) is 2.59. The van der Waals surface area contributed by atoms with E-state index in [-0.39, 0.29) is 6.10 Å². The molecule has 1 aromatic heterocycles. The minimum atomic E-state index is -0.00807. The molecule has 1 heterocycles. The van der Waals surface area contributed by atoms with Crippen LogP contribution in [-0.2, 0) is 11.3 Å². The summed E-state index contributed by atoms with van der Waals surface area (Å²) in [5.74, 6) is 2.21. The molecule has 2 N–H and O–H groups in total. The van der Waals surface area contributed by atoms with Crippen LogP contribution in [0.3, 0.4) is 0 Å². The van der Waals surface area contributed by atoms with Gasteiger partial charge in [-0.05, 0) is 38.5 Å². The lowest BCUT2D eigenvalue weighted by molar-refractivity contribution is 0.143. The fourth-order valence-corrected chi connectivity index (χ4v) is 2.59. The Labute approximate surface area is 173 Å². The quantitative estimate of drug-likeness (QED) is 0.343. The van der Waals surface area contributed by atoms with Crippen LogP contribution in [0.25, 0.3) is 0 Å². The number of aromatic nitrogens is 1. The molecule has 0 amide bonds. The average molecular weight is 401 g/mol. The summed E-state index contributed by atoms with van der Waals surface area (Å²) < 4.78 is 16.7. The summed E-state index contributed by atoms with van der Waals surface area (Å²) in [4.78, 5) is 8.95. The van der Waals surface area contributed by atoms with Crippen molar-refractivity contribution < 1.29 is 14.2 Å². The van der Waals surface area contributed by atoms with Crippen molar-refractivity contribution in [3.63, 3.8) is 0 Å². The Morgan fingerprint density at radius 3 is 2.72 bits per heavy atom. The van der Waals surface area contributed by atoms with Gasteiger partial charge in [0, 0.05) is 25.4 Å². The Bertz CT molecular complexity index is 767. The lowest BCUT2D eigenvalue weighted by Crippen LogP contribution is -2.41. The second kappa shape index (κ2) is 12.6. The molecule has 0 saturated carbocycles. The van der Waals surface area contributed by atoms with Gasteiger partial charge in [0.05, 0.1) is 19.7 Å². The van der Waals surface area contributed by atoms with Crippen LogP contribution in [0.5, 0.6) is 11.6 Å². The minimum absolute atomic E-state index is 0.00807. The Balaban J connectivity index is 1.93. The summed E-state index contributed by atoms with van der Waals surface area (Å²) in [5.41, 5.74) is 2.04. The molecule has 1 unspecified atom stereocenters. The third-order valence-electron chi connectivity index (χ3n) is 4.11. The molecule has 1 atom stereocenters. The van der Waals surface area contributed by atoms with Crippen LogP contribution in [0, 0.1) is 6.92 Å². The number of methoxy groups -OCH3 is 1. The summed E-state index contributed by atoms with van der Waals surface area (Å²) in [6, 6.07) is 11.9. The Hall–Kier alpha value is -2.80. The molecule has 29 heavy (non-hydrogen) atoms. The highest BCUT2D eigenvalue weighted by molar-refractivity contribution is 5.79. The molecule has 158 valence electrons. The second-order valence-electron chi connectivity index (χ2n) is 6.58. The van der Waals surface area contributed by atoms with Gasteiger partial charge in [0.25, 0.3) is 0 Å². The minimum Gasteiger partial charge on any atom is -0.489 e. The van der Waals surface area contributed by atoms with E-state index in [1.165, 1.54) is 0 Å². The van der Waals surface area contributed by atoms with E-state index in [4.69, 9.17) is 14.2 Å². The fraction of sp³-hybridized carbons (Fsp3) is 0.455. The molecular formula is C22H32N4O3. The molecule has 0 fully saturated rings. The van der Waals surface area contributed by atoms with E-state index in [9.17, 15) is 0 Å². The first kappa shape index (κ1) is 22.5. The van der Waals surface area contributed by atoms with E-state index < -0.39 is 0 Å². The molecular weight excluding hydrogens is 368 g/mol. The van der Waals surface area contributed by atoms with Gasteiger partial charge in [-0.25, -0.2) is 9.98 Å². The third kappa shape index (κ3) is 7.99. The Morgan fingerprint density at radius 1 is 1.14 bits per heavy atom. The smallest absolute Gasteiger partial charge is 0.218 e. The number of benzene rings is 1. The number of aryl methyl sites for hydroxylation is 1. The van der Waals surface area contributed by atoms with Gasteiger partial charge >= 0.3 is 0 Å². The van der Waals surface area contributed by atoms with Crippen LogP contribution in [0.2, 0.25) is 0 Å². The number of aliphatic imine (C=N–C) groups is 1. The van der Waals surface area contributed by atoms with Crippen molar-refractivity contribution >= 4 is 5.96 Å². The maximum atomic E-state index is 6.02. The van der Waals surface area contributed by atoms with Crippen molar-refractivity contribution in [3.8, 4) is 11.6 Å². The summed E-state index contributed by atoms with van der Waals surface area (Å²) in [6.45, 7) is 8.94. The topological polar surface area (TPSA) is 77.0 Å². The monoisotopic (exact) mass is 400 g/mol. The van der Waals surface area contributed by atoms with Crippen LogP contribution >= 0.6 is 0 Å². The molecule has 7 heteroatoms. The highest BCUT2D eigenvalue weighted by atomic mass is 16.5. The van der Waals surface area contributed by atoms with Crippen LogP contribution < -0.4 is 20.1 Å². The first-order valence-corrected chi connectivity index (χ1v) is 9.94. The highest BCUT2D eigenvalue weighted by Crippen LogP contribution is 2.17. The van der Waals surface area contributed by atoms with E-state index in [0.29, 0.717) is 32.2 Å². The van der Waals surface area contributed by atoms with Gasteiger partial charge in [0.1, 0.15) is 18.5 Å². The van der Waals surface area contributed by atoms with Gasteiger partial charge in [0.15, 0.2) is 5.96 Å². The molecule has 0 aliphatic rings. The van der Waals surface area contributed by atoms with Gasteiger partial charge in [0.2, 0.25) is 5.88 Å². The number of ether oxygens (including phenoxy) is 3. The normalized spacial score (nSPS) is 12.3. The number of hydrogen-bond donors (Lipinski definition) is 2. The maximum absolute atomic E-state index is 6.02. The molecule has 0 spiro atoms. The maximum Gasteiger partial charge on any atom is 0.218 e. The molecule has 0 bridgehead atoms. The molecule has 1 aromatic carbocycles. The van der Waals surface area contributed by atoms with E-state index in [2.05, 4.69) is 20.6 Å². The van der Waals surface area contributed by atoms with Gasteiger partial charge < -0.3 is 24.8 Å². The van der Waals surface area contributed by atoms with Gasteiger partial charge in [-0.15, -0.1) is 0 Å². The first-order valence-electron chi connectivity index (χ1n) is 9.94. The molecule has 0 radical (unpaired) electrons. The molecule has 0 aliphatic heterocycles. The van der Waals surface area contributed by atoms with Crippen molar-refractivity contribution in [2.45, 2.75) is 33.4 Å². The van der Waals surface area contributed by atoms with Gasteiger partial charge in [-0.1, -0.05) is 24.3 Å². The van der Waals surface area contributed by atoms with Crippen molar-refractivity contribution in [3.05, 3.63) is 53.7 Å². The largest absolute Gasteiger partial charge is 0.489 e. The lowest BCUT2D eigenvalue weighted by atomic mass is 10.2. The Morgan fingerprint density at radius 2 is 1.97 bits per heavy atom. The number of guanidine groups is 1. The zero-order chi connectivity index (χ0) is 20.9. The summed E-state index contributed by atoms with van der Waals surface area (Å²) in [6.07, 6.45) is 1.70. The zero-order valence-electron chi connectivity index (χ0n) is 17.8. The lowest BCUT2D eigenvalue weighted by Gasteiger charge is -2.19. The van der Waals surface area contributed by atoms with Crippen LogP contribution in [0.4, 0.5) is 0 Å². The summed E-state index contributed by atoms with van der Waals surface area (Å²) in [5, 5.41) is 6.59. The predicted octanol–water partition coefficient (Wildman–Crippen LogP) is 2.94. The molecule has 0 saturated heterocycles. The number of rotatable bonds is 11. The Kier molecular flexibility index (Phi) is 9.78. The first-order chi connectivity index (χ1) is 14.1. The predicted molar refractivity (Wildman–Crippen MR) is 116 cm³/mol. The number of nitrogens with one attached hydrogen (secondary N) is 2. The van der Waals surface area contributed by atoms with Crippen molar-refractivity contribution in [1.29, 1.82) is 0 Å². The molecule has 2 rings (SSSR count). The van der Waals surface area contributed by atoms with Crippen LogP contribution in [-0.4, -0.2) is 50.5 Å². The average Bonchev–Trinajstić information content (AvgIpc) is 2.73. The standard InChI is InChI=1S/C22H32N4O3/c1-5-23-22(25-15-18(3)29-20-11-7-6-9-17(20)2)26-16-19-10-8-12-24-21(19)28-14-13-27-4/h6-12,18H,5,13-16H2,1-4H3,(H2,23,25,26). The van der Waals surface area contributed by atoms with Gasteiger partial charge in [-0.3, -0.25) is 0 Å². The second-order valence-corrected chi connectivity index (χ2v) is 6.58. The zero-order valence-corrected chi connectivity index (χ0v) is 17.8. The third-order valence-corrected chi connectivity index (χ3v) is 4.11. The SMILES string of the molecule is CCNC(=NCc1cccnc1OCCOC)NCC(C)Oc1ccccc1C. The van der Waals surface area contributed by atoms with Crippen LogP contribution in [0.15, 0.2) is 47.6 Å². The van der Waals surface area contributed by atoms with E-state index >= 15 is 0 Å². The van der Waals surface area contributed by atoms with Crippen molar-refractivity contribution in [2.24, 2.45) is 4.99 Å². The number of hydrogen-bond acceptors (Lipinski definition) is 5. The number of pyridine rings is 1. The number of nitrogens with zero attached hydrogens (tertiary/aromatic N) is 2. The number of para-hydroxylation sites is 1. The van der Waals surface area contributed by atoms with Crippen molar-refractivity contribution in [2.75, 3.05) is 33.4 Å². The molecule has 7 nitrogen and oxygen atoms in total. The van der Waals surface area contributed by atoms with Gasteiger partial charge in [-0.2, -0.15) is 0 Å². The molecule has 0 aliphatic carbocycles. The van der Waals surface area contributed by atoms with E-state index in [1.54, 1.807) is 13.3 Å². The summed E-state index contributed by atoms with van der Waals surface area (Å²) >= 11 is 0. The summed E-state index contributed by atoms with van der Waals surface area (Å²) in [7, 11) is 1.64. The van der Waals surface area contributed by atoms with E-state index in [1.807, 2.05) is 57.2 Å². The van der Waals surface area contributed by atoms with E-state index in [0.717, 1.165) is 29.4 Å². The highest BCUT2D eigenvalue weighted by Gasteiger charge is 2.08. The molecule has 2 aromatic rings. The van der Waals surface area contributed by atoms with Crippen molar-refractivity contribution in [1.82, 2.24) is 15.6 Å².